The van der Waals surface area contributed by atoms with Gasteiger partial charge in [0, 0.05) is 19.4 Å². The van der Waals surface area contributed by atoms with Crippen LogP contribution in [0.4, 0.5) is 0 Å². The molecule has 0 aliphatic carbocycles. The summed E-state index contributed by atoms with van der Waals surface area (Å²) in [4.78, 5) is 35.3. The van der Waals surface area contributed by atoms with E-state index < -0.39 is 26.5 Å². The van der Waals surface area contributed by atoms with Crippen molar-refractivity contribution in [2.75, 3.05) is 26.4 Å². The fourth-order valence-electron chi connectivity index (χ4n) is 9.24. The highest BCUT2D eigenvalue weighted by atomic mass is 31.2. The van der Waals surface area contributed by atoms with E-state index in [-0.39, 0.29) is 38.6 Å². The van der Waals surface area contributed by atoms with Gasteiger partial charge in [0.05, 0.1) is 13.2 Å². The van der Waals surface area contributed by atoms with E-state index >= 15 is 0 Å². The number of carbonyl (C=O) groups excluding carboxylic acids is 2. The molecule has 10 heteroatoms. The van der Waals surface area contributed by atoms with Crippen LogP contribution < -0.4 is 5.73 Å². The summed E-state index contributed by atoms with van der Waals surface area (Å²) in [6.07, 6.45) is 90.2. The highest BCUT2D eigenvalue weighted by molar-refractivity contribution is 7.47. The average molecular weight is 1150 g/mol. The van der Waals surface area contributed by atoms with Gasteiger partial charge in [-0.3, -0.25) is 18.6 Å². The van der Waals surface area contributed by atoms with Crippen molar-refractivity contribution in [2.45, 2.75) is 302 Å². The third-order valence-electron chi connectivity index (χ3n) is 14.1. The Labute approximate surface area is 499 Å². The van der Waals surface area contributed by atoms with Crippen LogP contribution in [0.15, 0.2) is 109 Å². The molecule has 3 N–H and O–H groups in total. The number of ether oxygens (including phenoxy) is 2. The molecule has 0 aliphatic rings. The fourth-order valence-corrected chi connectivity index (χ4v) is 10.0. The number of carbonyl (C=O) groups is 2. The van der Waals surface area contributed by atoms with Crippen molar-refractivity contribution in [3.63, 3.8) is 0 Å². The fraction of sp³-hybridized carbons (Fsp3) is 0.718. The standard InChI is InChI=1S/C71H124NO8P/c1-3-5-7-9-11-13-15-17-19-21-23-25-26-27-28-29-30-31-32-33-34-35-36-37-38-39-40-41-42-44-46-48-50-52-54-56-58-60-62-64-71(74)80-69(68-79-81(75,76)78-66-65-72)67-77-70(73)63-61-59-57-55-53-51-49-47-45-43-24-22-20-18-16-14-12-10-8-6-4-2/h5,7,11,13,16-19,22-25,27-28,30-31,33-34,69H,3-4,6,8-10,12,14-15,20-21,26,29,32,35-68,72H2,1-2H3,(H,75,76)/b7-5-,13-11-,18-16-,19-17-,24-22-,25-23-,28-27-,31-30-,34-33-. The topological polar surface area (TPSA) is 134 Å². The zero-order valence-electron chi connectivity index (χ0n) is 52.2. The van der Waals surface area contributed by atoms with E-state index in [9.17, 15) is 19.0 Å². The predicted octanol–water partition coefficient (Wildman–Crippen LogP) is 21.7. The Balaban J connectivity index is 3.88. The maximum Gasteiger partial charge on any atom is 0.472 e. The van der Waals surface area contributed by atoms with Crippen molar-refractivity contribution in [1.29, 1.82) is 0 Å². The van der Waals surface area contributed by atoms with Crippen molar-refractivity contribution in [3.8, 4) is 0 Å². The first-order valence-electron chi connectivity index (χ1n) is 33.4. The molecule has 2 atom stereocenters. The SMILES string of the molecule is CC/C=C\C/C=C\C/C=C\C/C=C\C/C=C\C/C=C\C/C=C\CCCCCCCCCCCCCCCCCCCC(=O)OC(COC(=O)CCCCCCCCCCC/C=C\C/C=C\CCCCCCC)COP(=O)(O)OCCN. The molecule has 0 bridgehead atoms. The second kappa shape index (κ2) is 65.8. The molecular weight excluding hydrogens is 1030 g/mol. The number of rotatable bonds is 62. The van der Waals surface area contributed by atoms with E-state index in [1.54, 1.807) is 0 Å². The summed E-state index contributed by atoms with van der Waals surface area (Å²) in [6, 6.07) is 0. The highest BCUT2D eigenvalue weighted by Crippen LogP contribution is 2.43. The Hall–Kier alpha value is -3.33. The van der Waals surface area contributed by atoms with E-state index in [0.717, 1.165) is 96.3 Å². The Morgan fingerprint density at radius 2 is 0.679 bits per heavy atom. The quantitative estimate of drug-likeness (QED) is 0.0264. The van der Waals surface area contributed by atoms with Crippen LogP contribution in [0, 0.1) is 0 Å². The smallest absolute Gasteiger partial charge is 0.462 e. The summed E-state index contributed by atoms with van der Waals surface area (Å²) in [5, 5.41) is 0. The average Bonchev–Trinajstić information content (AvgIpc) is 3.46. The van der Waals surface area contributed by atoms with Gasteiger partial charge in [-0.25, -0.2) is 4.57 Å². The van der Waals surface area contributed by atoms with Gasteiger partial charge in [0.2, 0.25) is 0 Å². The Morgan fingerprint density at radius 1 is 0.383 bits per heavy atom. The minimum atomic E-state index is -4.40. The second-order valence-electron chi connectivity index (χ2n) is 22.0. The Kier molecular flexibility index (Phi) is 63.1. The first kappa shape index (κ1) is 77.7. The third-order valence-corrected chi connectivity index (χ3v) is 15.1. The highest BCUT2D eigenvalue weighted by Gasteiger charge is 2.26. The summed E-state index contributed by atoms with van der Waals surface area (Å²) >= 11 is 0. The molecule has 0 saturated heterocycles. The number of phosphoric ester groups is 1. The van der Waals surface area contributed by atoms with Crippen molar-refractivity contribution < 1.29 is 37.6 Å². The lowest BCUT2D eigenvalue weighted by Gasteiger charge is -2.19. The summed E-state index contributed by atoms with van der Waals surface area (Å²) in [6.45, 7) is 3.64. The molecule has 0 radical (unpaired) electrons. The van der Waals surface area contributed by atoms with Gasteiger partial charge in [-0.05, 0) is 103 Å². The number of nitrogens with two attached hydrogens (primary N) is 1. The van der Waals surface area contributed by atoms with Crippen LogP contribution in [0.5, 0.6) is 0 Å². The molecule has 0 aromatic carbocycles. The zero-order valence-corrected chi connectivity index (χ0v) is 53.1. The largest absolute Gasteiger partial charge is 0.472 e. The van der Waals surface area contributed by atoms with Crippen molar-refractivity contribution in [3.05, 3.63) is 109 Å². The van der Waals surface area contributed by atoms with E-state index in [1.807, 2.05) is 0 Å². The number of unbranched alkanes of at least 4 members (excludes halogenated alkanes) is 31. The first-order chi connectivity index (χ1) is 39.8. The van der Waals surface area contributed by atoms with Gasteiger partial charge in [-0.2, -0.15) is 0 Å². The van der Waals surface area contributed by atoms with Crippen molar-refractivity contribution in [1.82, 2.24) is 0 Å². The molecule has 466 valence electrons. The molecule has 9 nitrogen and oxygen atoms in total. The number of esters is 2. The minimum Gasteiger partial charge on any atom is -0.462 e. The molecule has 81 heavy (non-hydrogen) atoms. The molecule has 0 heterocycles. The van der Waals surface area contributed by atoms with E-state index in [4.69, 9.17) is 24.3 Å². The monoisotopic (exact) mass is 1150 g/mol. The number of hydrogen-bond donors (Lipinski definition) is 2. The summed E-state index contributed by atoms with van der Waals surface area (Å²) in [7, 11) is -4.40. The van der Waals surface area contributed by atoms with E-state index in [0.29, 0.717) is 6.42 Å². The third kappa shape index (κ3) is 65.7. The predicted molar refractivity (Wildman–Crippen MR) is 348 cm³/mol. The van der Waals surface area contributed by atoms with Crippen molar-refractivity contribution >= 4 is 19.8 Å². The molecule has 0 aromatic heterocycles. The number of allylic oxidation sites excluding steroid dienone is 18. The van der Waals surface area contributed by atoms with Crippen LogP contribution >= 0.6 is 7.82 Å². The number of phosphoric acid groups is 1. The van der Waals surface area contributed by atoms with E-state index in [1.165, 1.54) is 167 Å². The van der Waals surface area contributed by atoms with Gasteiger partial charge >= 0.3 is 19.8 Å². The summed E-state index contributed by atoms with van der Waals surface area (Å²) in [5.74, 6) is -0.826. The lowest BCUT2D eigenvalue weighted by molar-refractivity contribution is -0.161. The van der Waals surface area contributed by atoms with Crippen LogP contribution in [0.3, 0.4) is 0 Å². The molecule has 0 rings (SSSR count). The van der Waals surface area contributed by atoms with Gasteiger partial charge in [0.25, 0.3) is 0 Å². The second-order valence-corrected chi connectivity index (χ2v) is 23.4. The van der Waals surface area contributed by atoms with Gasteiger partial charge in [0.1, 0.15) is 6.61 Å². The van der Waals surface area contributed by atoms with Crippen LogP contribution in [0.25, 0.3) is 0 Å². The van der Waals surface area contributed by atoms with Gasteiger partial charge < -0.3 is 20.1 Å². The van der Waals surface area contributed by atoms with Gasteiger partial charge in [-0.1, -0.05) is 290 Å². The van der Waals surface area contributed by atoms with Crippen LogP contribution in [0.2, 0.25) is 0 Å². The lowest BCUT2D eigenvalue weighted by atomic mass is 10.0. The van der Waals surface area contributed by atoms with E-state index in [2.05, 4.69) is 123 Å². The summed E-state index contributed by atoms with van der Waals surface area (Å²) < 4.78 is 33.1. The molecule has 2 unspecified atom stereocenters. The minimum absolute atomic E-state index is 0.0502. The molecule has 0 saturated carbocycles. The molecular formula is C71H124NO8P. The van der Waals surface area contributed by atoms with Crippen LogP contribution in [-0.2, 0) is 32.7 Å². The molecule has 0 aliphatic heterocycles. The van der Waals surface area contributed by atoms with Gasteiger partial charge in [0.15, 0.2) is 6.10 Å². The summed E-state index contributed by atoms with van der Waals surface area (Å²) in [5.41, 5.74) is 5.39. The van der Waals surface area contributed by atoms with Crippen LogP contribution in [0.1, 0.15) is 296 Å². The number of hydrogen-bond acceptors (Lipinski definition) is 8. The normalized spacial score (nSPS) is 13.7. The Morgan fingerprint density at radius 3 is 1.01 bits per heavy atom. The Bertz CT molecular complexity index is 1690. The maximum atomic E-state index is 12.7. The lowest BCUT2D eigenvalue weighted by Crippen LogP contribution is -2.29. The zero-order chi connectivity index (χ0) is 58.7. The first-order valence-corrected chi connectivity index (χ1v) is 34.9. The van der Waals surface area contributed by atoms with Gasteiger partial charge in [-0.15, -0.1) is 0 Å². The molecule has 0 aromatic rings. The van der Waals surface area contributed by atoms with Crippen LogP contribution in [-0.4, -0.2) is 49.3 Å². The molecule has 0 fully saturated rings. The van der Waals surface area contributed by atoms with Crippen molar-refractivity contribution in [2.24, 2.45) is 5.73 Å². The maximum absolute atomic E-state index is 12.7. The molecule has 0 amide bonds. The molecule has 0 spiro atoms.